The number of hydrogen-bond donors (Lipinski definition) is 1. The molecule has 5 heteroatoms. The lowest BCUT2D eigenvalue weighted by atomic mass is 10.1. The van der Waals surface area contributed by atoms with Crippen molar-refractivity contribution in [2.24, 2.45) is 16.6 Å². The van der Waals surface area contributed by atoms with Crippen LogP contribution < -0.4 is 5.73 Å². The van der Waals surface area contributed by atoms with Gasteiger partial charge in [-0.15, -0.1) is 0 Å². The van der Waals surface area contributed by atoms with Gasteiger partial charge in [0.05, 0.1) is 6.54 Å². The van der Waals surface area contributed by atoms with Crippen molar-refractivity contribution in [2.75, 3.05) is 13.6 Å². The average Bonchev–Trinajstić information content (AvgIpc) is 2.00. The highest BCUT2D eigenvalue weighted by Crippen LogP contribution is 2.08. The lowest BCUT2D eigenvalue weighted by molar-refractivity contribution is -0.137. The number of hydrogen-bond acceptors (Lipinski definition) is 3. The Morgan fingerprint density at radius 2 is 2.33 bits per heavy atom. The standard InChI is InChI=1S/C7H11N3O2/c1-4-9-3-5(6(8)11)7(12)10(4)2/h5H,3H2,1-2H3,(H2,8,11). The Labute approximate surface area is 70.2 Å². The maximum atomic E-state index is 11.3. The zero-order chi connectivity index (χ0) is 9.30. The molecule has 0 aromatic heterocycles. The molecule has 12 heavy (non-hydrogen) atoms. The number of primary amides is 1. The highest BCUT2D eigenvalue weighted by atomic mass is 16.2. The highest BCUT2D eigenvalue weighted by Gasteiger charge is 2.31. The topological polar surface area (TPSA) is 75.8 Å². The molecule has 0 saturated heterocycles. The van der Waals surface area contributed by atoms with Crippen LogP contribution in [0.2, 0.25) is 0 Å². The Balaban J connectivity index is 2.87. The van der Waals surface area contributed by atoms with E-state index in [-0.39, 0.29) is 12.5 Å². The Bertz CT molecular complexity index is 259. The van der Waals surface area contributed by atoms with E-state index in [4.69, 9.17) is 5.73 Å². The quantitative estimate of drug-likeness (QED) is 0.510. The van der Waals surface area contributed by atoms with Crippen molar-refractivity contribution in [3.05, 3.63) is 0 Å². The smallest absolute Gasteiger partial charge is 0.242 e. The van der Waals surface area contributed by atoms with Crippen molar-refractivity contribution in [1.82, 2.24) is 4.90 Å². The van der Waals surface area contributed by atoms with Gasteiger partial charge in [-0.1, -0.05) is 0 Å². The third-order valence-electron chi connectivity index (χ3n) is 1.96. The van der Waals surface area contributed by atoms with Gasteiger partial charge in [0.2, 0.25) is 11.8 Å². The van der Waals surface area contributed by atoms with Crippen molar-refractivity contribution < 1.29 is 9.59 Å². The zero-order valence-corrected chi connectivity index (χ0v) is 7.07. The molecule has 0 spiro atoms. The van der Waals surface area contributed by atoms with Crippen LogP contribution in [0.15, 0.2) is 4.99 Å². The number of amides is 2. The van der Waals surface area contributed by atoms with Gasteiger partial charge in [0.1, 0.15) is 11.8 Å². The lowest BCUT2D eigenvalue weighted by Crippen LogP contribution is -2.46. The van der Waals surface area contributed by atoms with Gasteiger partial charge >= 0.3 is 0 Å². The first-order valence-corrected chi connectivity index (χ1v) is 3.62. The molecule has 1 unspecified atom stereocenters. The molecule has 1 aliphatic heterocycles. The van der Waals surface area contributed by atoms with Crippen LogP contribution in [0, 0.1) is 5.92 Å². The predicted molar refractivity (Wildman–Crippen MR) is 43.4 cm³/mol. The molecule has 0 fully saturated rings. The van der Waals surface area contributed by atoms with Gasteiger partial charge < -0.3 is 10.6 Å². The monoisotopic (exact) mass is 169 g/mol. The molecule has 0 aliphatic carbocycles. The first-order valence-electron chi connectivity index (χ1n) is 3.62. The van der Waals surface area contributed by atoms with E-state index in [1.807, 2.05) is 0 Å². The van der Waals surface area contributed by atoms with Crippen LogP contribution >= 0.6 is 0 Å². The maximum Gasteiger partial charge on any atom is 0.242 e. The Hall–Kier alpha value is -1.39. The second kappa shape index (κ2) is 2.92. The van der Waals surface area contributed by atoms with Gasteiger partial charge in [-0.2, -0.15) is 0 Å². The summed E-state index contributed by atoms with van der Waals surface area (Å²) in [7, 11) is 1.58. The number of carbonyl (C=O) groups excluding carboxylic acids is 2. The van der Waals surface area contributed by atoms with Crippen molar-refractivity contribution in [1.29, 1.82) is 0 Å². The van der Waals surface area contributed by atoms with Crippen LogP contribution in [0.3, 0.4) is 0 Å². The van der Waals surface area contributed by atoms with E-state index >= 15 is 0 Å². The molecule has 5 nitrogen and oxygen atoms in total. The molecule has 0 saturated carbocycles. The minimum absolute atomic E-state index is 0.185. The summed E-state index contributed by atoms with van der Waals surface area (Å²) in [6.07, 6.45) is 0. The fourth-order valence-electron chi connectivity index (χ4n) is 1.01. The van der Waals surface area contributed by atoms with E-state index in [1.165, 1.54) is 4.90 Å². The third-order valence-corrected chi connectivity index (χ3v) is 1.96. The molecule has 0 radical (unpaired) electrons. The van der Waals surface area contributed by atoms with Gasteiger partial charge in [0.25, 0.3) is 0 Å². The summed E-state index contributed by atoms with van der Waals surface area (Å²) in [5.74, 6) is -1.03. The van der Waals surface area contributed by atoms with E-state index in [9.17, 15) is 9.59 Å². The lowest BCUT2D eigenvalue weighted by Gasteiger charge is -2.25. The first-order chi connectivity index (χ1) is 5.54. The van der Waals surface area contributed by atoms with E-state index in [2.05, 4.69) is 4.99 Å². The molecule has 66 valence electrons. The number of rotatable bonds is 1. The van der Waals surface area contributed by atoms with Crippen molar-refractivity contribution in [3.63, 3.8) is 0 Å². The van der Waals surface area contributed by atoms with Gasteiger partial charge in [-0.25, -0.2) is 0 Å². The number of nitrogens with zero attached hydrogens (tertiary/aromatic N) is 2. The molecule has 1 aliphatic rings. The second-order valence-corrected chi connectivity index (χ2v) is 2.74. The normalized spacial score (nSPS) is 23.8. The van der Waals surface area contributed by atoms with Crippen molar-refractivity contribution in [2.45, 2.75) is 6.92 Å². The molecule has 2 N–H and O–H groups in total. The molecule has 0 aromatic carbocycles. The Morgan fingerprint density at radius 1 is 1.75 bits per heavy atom. The van der Waals surface area contributed by atoms with E-state index < -0.39 is 11.8 Å². The SMILES string of the molecule is CC1=NCC(C(N)=O)C(=O)N1C. The fourth-order valence-corrected chi connectivity index (χ4v) is 1.01. The van der Waals surface area contributed by atoms with Gasteiger partial charge in [-0.05, 0) is 6.92 Å². The first kappa shape index (κ1) is 8.70. The van der Waals surface area contributed by atoms with E-state index in [1.54, 1.807) is 14.0 Å². The maximum absolute atomic E-state index is 11.3. The molecular weight excluding hydrogens is 158 g/mol. The van der Waals surface area contributed by atoms with E-state index in [0.717, 1.165) is 0 Å². The average molecular weight is 169 g/mol. The number of amidine groups is 1. The minimum atomic E-state index is -0.779. The number of carbonyl (C=O) groups is 2. The van der Waals surface area contributed by atoms with Gasteiger partial charge in [0, 0.05) is 7.05 Å². The van der Waals surface area contributed by atoms with Crippen LogP contribution in [-0.2, 0) is 9.59 Å². The summed E-state index contributed by atoms with van der Waals surface area (Å²) >= 11 is 0. The summed E-state index contributed by atoms with van der Waals surface area (Å²) in [5, 5.41) is 0. The number of nitrogens with two attached hydrogens (primary N) is 1. The van der Waals surface area contributed by atoms with Crippen LogP contribution in [0.1, 0.15) is 6.92 Å². The molecule has 0 aromatic rings. The summed E-state index contributed by atoms with van der Waals surface area (Å²) < 4.78 is 0. The predicted octanol–water partition coefficient (Wildman–Crippen LogP) is -1.02. The van der Waals surface area contributed by atoms with Crippen molar-refractivity contribution in [3.8, 4) is 0 Å². The number of aliphatic imine (C=N–C) groups is 1. The minimum Gasteiger partial charge on any atom is -0.369 e. The van der Waals surface area contributed by atoms with Crippen LogP contribution in [0.5, 0.6) is 0 Å². The molecule has 1 rings (SSSR count). The van der Waals surface area contributed by atoms with E-state index in [0.29, 0.717) is 5.84 Å². The van der Waals surface area contributed by atoms with Crippen LogP contribution in [0.25, 0.3) is 0 Å². The molecule has 2 amide bonds. The Kier molecular flexibility index (Phi) is 2.12. The van der Waals surface area contributed by atoms with Crippen molar-refractivity contribution >= 4 is 17.6 Å². The summed E-state index contributed by atoms with van der Waals surface area (Å²) in [6, 6.07) is 0. The largest absolute Gasteiger partial charge is 0.369 e. The second-order valence-electron chi connectivity index (χ2n) is 2.74. The zero-order valence-electron chi connectivity index (χ0n) is 7.07. The van der Waals surface area contributed by atoms with Gasteiger partial charge in [0.15, 0.2) is 0 Å². The summed E-state index contributed by atoms with van der Waals surface area (Å²) in [6.45, 7) is 1.90. The third kappa shape index (κ3) is 1.30. The summed E-state index contributed by atoms with van der Waals surface area (Å²) in [5.41, 5.74) is 5.01. The molecule has 0 bridgehead atoms. The Morgan fingerprint density at radius 3 is 2.83 bits per heavy atom. The highest BCUT2D eigenvalue weighted by molar-refractivity contribution is 6.08. The molecule has 1 atom stereocenters. The fraction of sp³-hybridized carbons (Fsp3) is 0.571. The molecular formula is C7H11N3O2. The van der Waals surface area contributed by atoms with Crippen LogP contribution in [0.4, 0.5) is 0 Å². The van der Waals surface area contributed by atoms with Gasteiger partial charge in [-0.3, -0.25) is 14.6 Å². The van der Waals surface area contributed by atoms with Crippen LogP contribution in [-0.4, -0.2) is 36.1 Å². The molecule has 1 heterocycles. The summed E-state index contributed by atoms with van der Waals surface area (Å²) in [4.78, 5) is 27.4.